The van der Waals surface area contributed by atoms with Gasteiger partial charge < -0.3 is 10.3 Å². The van der Waals surface area contributed by atoms with Crippen LogP contribution in [-0.4, -0.2) is 31.0 Å². The molecule has 1 heterocycles. The molecule has 1 aromatic heterocycles. The van der Waals surface area contributed by atoms with Crippen molar-refractivity contribution in [2.45, 2.75) is 43.5 Å². The molecule has 1 rings (SSSR count). The van der Waals surface area contributed by atoms with Crippen LogP contribution >= 0.6 is 11.8 Å². The Morgan fingerprint density at radius 1 is 1.53 bits per heavy atom. The third-order valence-electron chi connectivity index (χ3n) is 3.07. The van der Waals surface area contributed by atoms with Crippen LogP contribution in [0.15, 0.2) is 17.2 Å². The zero-order valence-electron chi connectivity index (χ0n) is 11.7. The fraction of sp³-hybridized carbons (Fsp3) is 0.667. The third-order valence-corrected chi connectivity index (χ3v) is 5.53. The van der Waals surface area contributed by atoms with Gasteiger partial charge in [0.05, 0.1) is 4.90 Å². The second-order valence-corrected chi connectivity index (χ2v) is 7.43. The van der Waals surface area contributed by atoms with Gasteiger partial charge in [0.2, 0.25) is 10.0 Å². The number of nitrogens with two attached hydrogens (primary N) is 1. The van der Waals surface area contributed by atoms with Crippen LogP contribution in [0.2, 0.25) is 0 Å². The molecule has 1 aromatic rings. The lowest BCUT2D eigenvalue weighted by Gasteiger charge is -2.08. The number of thioether (sulfide) groups is 1. The molecule has 0 spiro atoms. The van der Waals surface area contributed by atoms with Crippen molar-refractivity contribution in [1.29, 1.82) is 0 Å². The first kappa shape index (κ1) is 16.6. The molecule has 7 heteroatoms. The van der Waals surface area contributed by atoms with E-state index in [0.29, 0.717) is 29.8 Å². The van der Waals surface area contributed by atoms with Crippen molar-refractivity contribution in [1.82, 2.24) is 9.29 Å². The molecule has 0 saturated carbocycles. The molecule has 0 fully saturated rings. The Labute approximate surface area is 120 Å². The molecule has 19 heavy (non-hydrogen) atoms. The monoisotopic (exact) mass is 305 g/mol. The Balaban J connectivity index is 2.74. The molecule has 0 saturated heterocycles. The number of sulfonamides is 1. The number of rotatable bonds is 8. The summed E-state index contributed by atoms with van der Waals surface area (Å²) in [6.45, 7) is 5.56. The molecule has 0 aromatic carbocycles. The van der Waals surface area contributed by atoms with E-state index in [4.69, 9.17) is 5.73 Å². The second kappa shape index (κ2) is 7.33. The van der Waals surface area contributed by atoms with E-state index in [1.165, 1.54) is 0 Å². The largest absolute Gasteiger partial charge is 0.349 e. The van der Waals surface area contributed by atoms with Gasteiger partial charge in [0.1, 0.15) is 0 Å². The van der Waals surface area contributed by atoms with Crippen molar-refractivity contribution >= 4 is 21.8 Å². The molecule has 5 nitrogen and oxygen atoms in total. The standard InChI is InChI=1S/C12H23N3O2S2/c1-4-15-9-12(7-11(15)8-13)19(16,17)14-6-5-10(2)18-3/h7,9-10,14H,4-6,8,13H2,1-3H3. The summed E-state index contributed by atoms with van der Waals surface area (Å²) in [4.78, 5) is 0.298. The molecular formula is C12H23N3O2S2. The Hall–Kier alpha value is -0.500. The SMILES string of the molecule is CCn1cc(S(=O)(=O)NCCC(C)SC)cc1CN. The van der Waals surface area contributed by atoms with Gasteiger partial charge in [-0.25, -0.2) is 13.1 Å². The average Bonchev–Trinajstić information content (AvgIpc) is 2.82. The van der Waals surface area contributed by atoms with Crippen molar-refractivity contribution in [2.75, 3.05) is 12.8 Å². The van der Waals surface area contributed by atoms with Crippen molar-refractivity contribution < 1.29 is 8.42 Å². The Morgan fingerprint density at radius 2 is 2.21 bits per heavy atom. The molecule has 1 unspecified atom stereocenters. The highest BCUT2D eigenvalue weighted by Crippen LogP contribution is 2.15. The predicted molar refractivity (Wildman–Crippen MR) is 80.8 cm³/mol. The lowest BCUT2D eigenvalue weighted by molar-refractivity contribution is 0.578. The molecular weight excluding hydrogens is 282 g/mol. The number of nitrogens with zero attached hydrogens (tertiary/aromatic N) is 1. The molecule has 0 bridgehead atoms. The molecule has 0 radical (unpaired) electrons. The summed E-state index contributed by atoms with van der Waals surface area (Å²) in [6, 6.07) is 1.64. The number of hydrogen-bond acceptors (Lipinski definition) is 4. The van der Waals surface area contributed by atoms with Gasteiger partial charge in [0, 0.05) is 36.8 Å². The van der Waals surface area contributed by atoms with Gasteiger partial charge in [-0.05, 0) is 25.7 Å². The summed E-state index contributed by atoms with van der Waals surface area (Å²) in [6.07, 6.45) is 4.48. The fourth-order valence-corrected chi connectivity index (χ4v) is 3.20. The normalized spacial score (nSPS) is 13.7. The molecule has 0 aliphatic carbocycles. The predicted octanol–water partition coefficient (Wildman–Crippen LogP) is 1.39. The zero-order chi connectivity index (χ0) is 14.5. The van der Waals surface area contributed by atoms with Gasteiger partial charge >= 0.3 is 0 Å². The van der Waals surface area contributed by atoms with E-state index in [9.17, 15) is 8.42 Å². The van der Waals surface area contributed by atoms with E-state index in [1.54, 1.807) is 24.0 Å². The van der Waals surface area contributed by atoms with Gasteiger partial charge in [0.15, 0.2) is 0 Å². The minimum absolute atomic E-state index is 0.298. The first-order valence-electron chi connectivity index (χ1n) is 6.36. The van der Waals surface area contributed by atoms with Crippen LogP contribution in [0, 0.1) is 0 Å². The minimum atomic E-state index is -3.42. The van der Waals surface area contributed by atoms with Crippen molar-refractivity contribution in [3.63, 3.8) is 0 Å². The molecule has 3 N–H and O–H groups in total. The van der Waals surface area contributed by atoms with E-state index in [2.05, 4.69) is 11.6 Å². The quantitative estimate of drug-likeness (QED) is 0.761. The van der Waals surface area contributed by atoms with Crippen LogP contribution in [0.1, 0.15) is 26.0 Å². The van der Waals surface area contributed by atoms with Crippen LogP contribution in [0.5, 0.6) is 0 Å². The zero-order valence-corrected chi connectivity index (χ0v) is 13.4. The van der Waals surface area contributed by atoms with Gasteiger partial charge in [-0.2, -0.15) is 11.8 Å². The summed E-state index contributed by atoms with van der Waals surface area (Å²) in [5, 5.41) is 0.447. The Morgan fingerprint density at radius 3 is 2.68 bits per heavy atom. The van der Waals surface area contributed by atoms with E-state index in [-0.39, 0.29) is 0 Å². The van der Waals surface area contributed by atoms with Crippen molar-refractivity contribution in [3.05, 3.63) is 18.0 Å². The number of hydrogen-bond donors (Lipinski definition) is 2. The number of aryl methyl sites for hydroxylation is 1. The highest BCUT2D eigenvalue weighted by atomic mass is 32.2. The van der Waals surface area contributed by atoms with Gasteiger partial charge in [-0.1, -0.05) is 6.92 Å². The van der Waals surface area contributed by atoms with Crippen LogP contribution in [0.3, 0.4) is 0 Å². The molecule has 0 amide bonds. The summed E-state index contributed by atoms with van der Waals surface area (Å²) in [7, 11) is -3.42. The topological polar surface area (TPSA) is 77.1 Å². The molecule has 110 valence electrons. The molecule has 0 aliphatic heterocycles. The maximum absolute atomic E-state index is 12.1. The van der Waals surface area contributed by atoms with Gasteiger partial charge in [-0.15, -0.1) is 0 Å². The van der Waals surface area contributed by atoms with Gasteiger partial charge in [-0.3, -0.25) is 0 Å². The second-order valence-electron chi connectivity index (χ2n) is 4.39. The minimum Gasteiger partial charge on any atom is -0.349 e. The van der Waals surface area contributed by atoms with Crippen LogP contribution in [0.25, 0.3) is 0 Å². The first-order valence-corrected chi connectivity index (χ1v) is 9.13. The first-order chi connectivity index (χ1) is 8.94. The Kier molecular flexibility index (Phi) is 6.38. The number of aromatic nitrogens is 1. The van der Waals surface area contributed by atoms with Crippen molar-refractivity contribution in [2.24, 2.45) is 5.73 Å². The summed E-state index contributed by atoms with van der Waals surface area (Å²) in [5.41, 5.74) is 6.44. The Bertz CT molecular complexity index is 476. The fourth-order valence-electron chi connectivity index (χ4n) is 1.74. The third kappa shape index (κ3) is 4.52. The van der Waals surface area contributed by atoms with E-state index in [1.807, 2.05) is 17.7 Å². The van der Waals surface area contributed by atoms with E-state index >= 15 is 0 Å². The molecule has 1 atom stereocenters. The highest BCUT2D eigenvalue weighted by molar-refractivity contribution is 7.99. The average molecular weight is 305 g/mol. The van der Waals surface area contributed by atoms with E-state index < -0.39 is 10.0 Å². The summed E-state index contributed by atoms with van der Waals surface area (Å²) >= 11 is 1.73. The smallest absolute Gasteiger partial charge is 0.242 e. The van der Waals surface area contributed by atoms with Crippen LogP contribution in [0.4, 0.5) is 0 Å². The summed E-state index contributed by atoms with van der Waals surface area (Å²) < 4.78 is 28.7. The van der Waals surface area contributed by atoms with Crippen molar-refractivity contribution in [3.8, 4) is 0 Å². The van der Waals surface area contributed by atoms with Crippen LogP contribution in [-0.2, 0) is 23.1 Å². The lowest BCUT2D eigenvalue weighted by atomic mass is 10.3. The van der Waals surface area contributed by atoms with E-state index in [0.717, 1.165) is 12.1 Å². The van der Waals surface area contributed by atoms with Gasteiger partial charge in [0.25, 0.3) is 0 Å². The van der Waals surface area contributed by atoms with Crippen LogP contribution < -0.4 is 10.5 Å². The molecule has 0 aliphatic rings. The highest BCUT2D eigenvalue weighted by Gasteiger charge is 2.17. The number of nitrogens with one attached hydrogen (secondary N) is 1. The maximum atomic E-state index is 12.1. The lowest BCUT2D eigenvalue weighted by Crippen LogP contribution is -2.26. The summed E-state index contributed by atoms with van der Waals surface area (Å²) in [5.74, 6) is 0. The maximum Gasteiger partial charge on any atom is 0.242 e.